The number of nitrogens with zero attached hydrogens (tertiary/aromatic N) is 1. The molecule has 2 atom stereocenters. The Hall–Kier alpha value is -0.930. The maximum absolute atomic E-state index is 10.5. The predicted octanol–water partition coefficient (Wildman–Crippen LogP) is 1.82. The lowest BCUT2D eigenvalue weighted by atomic mass is 9.87. The van der Waals surface area contributed by atoms with E-state index in [0.29, 0.717) is 6.04 Å². The highest BCUT2D eigenvalue weighted by Crippen LogP contribution is 2.27. The first-order valence-corrected chi connectivity index (χ1v) is 6.05. The molecule has 88 valence electrons. The topological polar surface area (TPSA) is 45.1 Å². The minimum atomic E-state index is -0.775. The number of piperidine rings is 1. The van der Waals surface area contributed by atoms with E-state index in [4.69, 9.17) is 0 Å². The lowest BCUT2D eigenvalue weighted by Gasteiger charge is -2.31. The second-order valence-corrected chi connectivity index (χ2v) is 4.87. The van der Waals surface area contributed by atoms with Crippen molar-refractivity contribution in [3.8, 4) is 0 Å². The molecular formula is C13H20N2O. The molecule has 1 saturated heterocycles. The van der Waals surface area contributed by atoms with Gasteiger partial charge in [0.1, 0.15) is 0 Å². The third-order valence-corrected chi connectivity index (χ3v) is 3.34. The minimum Gasteiger partial charge on any atom is -0.385 e. The molecule has 0 spiro atoms. The summed E-state index contributed by atoms with van der Waals surface area (Å²) in [6.07, 6.45) is 7.93. The van der Waals surface area contributed by atoms with E-state index in [1.807, 2.05) is 19.1 Å². The number of nitrogens with one attached hydrogen (secondary N) is 1. The highest BCUT2D eigenvalue weighted by Gasteiger charge is 2.28. The van der Waals surface area contributed by atoms with Crippen LogP contribution < -0.4 is 5.32 Å². The number of pyridine rings is 1. The first-order valence-electron chi connectivity index (χ1n) is 6.05. The molecule has 2 rings (SSSR count). The van der Waals surface area contributed by atoms with E-state index in [1.165, 1.54) is 12.8 Å². The van der Waals surface area contributed by atoms with E-state index in [0.717, 1.165) is 24.9 Å². The third kappa shape index (κ3) is 2.80. The molecule has 0 bridgehead atoms. The lowest BCUT2D eigenvalue weighted by molar-refractivity contribution is 0.0329. The maximum Gasteiger partial charge on any atom is 0.0898 e. The quantitative estimate of drug-likeness (QED) is 0.816. The fourth-order valence-corrected chi connectivity index (χ4v) is 2.38. The van der Waals surface area contributed by atoms with Gasteiger partial charge in [0.15, 0.2) is 0 Å². The monoisotopic (exact) mass is 220 g/mol. The van der Waals surface area contributed by atoms with Crippen molar-refractivity contribution in [3.05, 3.63) is 30.1 Å². The van der Waals surface area contributed by atoms with E-state index >= 15 is 0 Å². The van der Waals surface area contributed by atoms with Crippen molar-refractivity contribution in [2.75, 3.05) is 6.54 Å². The number of hydrogen-bond acceptors (Lipinski definition) is 3. The molecule has 0 aromatic carbocycles. The normalized spacial score (nSPS) is 25.0. The van der Waals surface area contributed by atoms with Crippen molar-refractivity contribution in [1.29, 1.82) is 0 Å². The van der Waals surface area contributed by atoms with Crippen LogP contribution in [0.3, 0.4) is 0 Å². The van der Waals surface area contributed by atoms with E-state index in [9.17, 15) is 5.11 Å². The maximum atomic E-state index is 10.5. The lowest BCUT2D eigenvalue weighted by Crippen LogP contribution is -2.39. The summed E-state index contributed by atoms with van der Waals surface area (Å²) in [7, 11) is 0. The molecule has 3 heteroatoms. The molecule has 1 aromatic rings. The van der Waals surface area contributed by atoms with Gasteiger partial charge in [0.2, 0.25) is 0 Å². The van der Waals surface area contributed by atoms with Crippen LogP contribution in [0.4, 0.5) is 0 Å². The molecule has 0 amide bonds. The summed E-state index contributed by atoms with van der Waals surface area (Å²) in [5.41, 5.74) is 0.130. The SMILES string of the molecule is CC(O)(CC1CCCCN1)c1cccnc1. The van der Waals surface area contributed by atoms with Gasteiger partial charge in [0, 0.05) is 24.0 Å². The van der Waals surface area contributed by atoms with Gasteiger partial charge in [-0.25, -0.2) is 0 Å². The summed E-state index contributed by atoms with van der Waals surface area (Å²) in [6, 6.07) is 4.25. The Labute approximate surface area is 96.9 Å². The summed E-state index contributed by atoms with van der Waals surface area (Å²) in [4.78, 5) is 4.06. The molecule has 1 aromatic heterocycles. The average molecular weight is 220 g/mol. The first-order chi connectivity index (χ1) is 7.68. The Balaban J connectivity index is 2.01. The van der Waals surface area contributed by atoms with E-state index in [2.05, 4.69) is 10.3 Å². The van der Waals surface area contributed by atoms with Crippen LogP contribution >= 0.6 is 0 Å². The van der Waals surface area contributed by atoms with E-state index in [-0.39, 0.29) is 0 Å². The van der Waals surface area contributed by atoms with Gasteiger partial charge in [-0.05, 0) is 38.8 Å². The fraction of sp³-hybridized carbons (Fsp3) is 0.615. The Morgan fingerprint density at radius 3 is 3.06 bits per heavy atom. The van der Waals surface area contributed by atoms with Crippen molar-refractivity contribution < 1.29 is 5.11 Å². The number of hydrogen-bond donors (Lipinski definition) is 2. The fourth-order valence-electron chi connectivity index (χ4n) is 2.38. The van der Waals surface area contributed by atoms with Gasteiger partial charge in [-0.3, -0.25) is 4.98 Å². The Bertz CT molecular complexity index is 318. The number of aromatic nitrogens is 1. The van der Waals surface area contributed by atoms with Crippen molar-refractivity contribution in [3.63, 3.8) is 0 Å². The van der Waals surface area contributed by atoms with Crippen LogP contribution in [0, 0.1) is 0 Å². The molecule has 1 aliphatic heterocycles. The van der Waals surface area contributed by atoms with Gasteiger partial charge in [0.25, 0.3) is 0 Å². The standard InChI is InChI=1S/C13H20N2O/c1-13(16,11-5-4-7-14-10-11)9-12-6-2-3-8-15-12/h4-5,7,10,12,15-16H,2-3,6,8-9H2,1H3. The van der Waals surface area contributed by atoms with Crippen LogP contribution in [0.1, 0.15) is 38.2 Å². The van der Waals surface area contributed by atoms with Crippen LogP contribution in [-0.4, -0.2) is 22.7 Å². The molecule has 1 fully saturated rings. The van der Waals surface area contributed by atoms with Crippen molar-refractivity contribution >= 4 is 0 Å². The van der Waals surface area contributed by atoms with Crippen molar-refractivity contribution in [1.82, 2.24) is 10.3 Å². The second-order valence-electron chi connectivity index (χ2n) is 4.87. The number of aliphatic hydroxyl groups is 1. The first kappa shape index (κ1) is 11.6. The molecule has 16 heavy (non-hydrogen) atoms. The molecule has 2 N–H and O–H groups in total. The average Bonchev–Trinajstić information content (AvgIpc) is 2.31. The zero-order valence-corrected chi connectivity index (χ0v) is 9.82. The van der Waals surface area contributed by atoms with Gasteiger partial charge in [0.05, 0.1) is 5.60 Å². The van der Waals surface area contributed by atoms with Gasteiger partial charge in [-0.1, -0.05) is 12.5 Å². The predicted molar refractivity (Wildman–Crippen MR) is 64.1 cm³/mol. The minimum absolute atomic E-state index is 0.434. The highest BCUT2D eigenvalue weighted by atomic mass is 16.3. The van der Waals surface area contributed by atoms with Crippen molar-refractivity contribution in [2.45, 2.75) is 44.2 Å². The molecule has 2 unspecified atom stereocenters. The van der Waals surface area contributed by atoms with Crippen LogP contribution in [0.15, 0.2) is 24.5 Å². The second kappa shape index (κ2) is 4.93. The molecule has 0 saturated carbocycles. The smallest absolute Gasteiger partial charge is 0.0898 e. The molecule has 3 nitrogen and oxygen atoms in total. The van der Waals surface area contributed by atoms with E-state index in [1.54, 1.807) is 12.4 Å². The summed E-state index contributed by atoms with van der Waals surface area (Å²) in [5, 5.41) is 13.9. The highest BCUT2D eigenvalue weighted by molar-refractivity contribution is 5.17. The zero-order chi connectivity index (χ0) is 11.4. The third-order valence-electron chi connectivity index (χ3n) is 3.34. The molecule has 0 aliphatic carbocycles. The molecule has 0 radical (unpaired) electrons. The summed E-state index contributed by atoms with van der Waals surface area (Å²) >= 11 is 0. The summed E-state index contributed by atoms with van der Waals surface area (Å²) in [6.45, 7) is 2.95. The zero-order valence-electron chi connectivity index (χ0n) is 9.82. The van der Waals surface area contributed by atoms with Crippen molar-refractivity contribution in [2.24, 2.45) is 0 Å². The van der Waals surface area contributed by atoms with Gasteiger partial charge in [-0.2, -0.15) is 0 Å². The Morgan fingerprint density at radius 2 is 2.44 bits per heavy atom. The van der Waals surface area contributed by atoms with Gasteiger partial charge in [-0.15, -0.1) is 0 Å². The molecule has 1 aliphatic rings. The summed E-state index contributed by atoms with van der Waals surface area (Å²) < 4.78 is 0. The van der Waals surface area contributed by atoms with Crippen LogP contribution in [0.5, 0.6) is 0 Å². The van der Waals surface area contributed by atoms with Crippen LogP contribution in [0.2, 0.25) is 0 Å². The number of rotatable bonds is 3. The molecular weight excluding hydrogens is 200 g/mol. The largest absolute Gasteiger partial charge is 0.385 e. The Morgan fingerprint density at radius 1 is 1.56 bits per heavy atom. The summed E-state index contributed by atoms with van der Waals surface area (Å²) in [5.74, 6) is 0. The van der Waals surface area contributed by atoms with Crippen LogP contribution in [0.25, 0.3) is 0 Å². The van der Waals surface area contributed by atoms with Gasteiger partial charge >= 0.3 is 0 Å². The van der Waals surface area contributed by atoms with Gasteiger partial charge < -0.3 is 10.4 Å². The van der Waals surface area contributed by atoms with E-state index < -0.39 is 5.60 Å². The Kier molecular flexibility index (Phi) is 3.56. The van der Waals surface area contributed by atoms with Crippen LogP contribution in [-0.2, 0) is 5.60 Å². The molecule has 2 heterocycles.